The van der Waals surface area contributed by atoms with Crippen LogP contribution in [-0.2, 0) is 14.3 Å². The number of amides is 1. The number of carbonyl (C=O) groups is 2. The van der Waals surface area contributed by atoms with E-state index in [0.717, 1.165) is 6.08 Å². The van der Waals surface area contributed by atoms with Crippen molar-refractivity contribution in [3.8, 4) is 5.75 Å². The Kier molecular flexibility index (Phi) is 7.37. The first-order valence-electron chi connectivity index (χ1n) is 8.27. The predicted octanol–water partition coefficient (Wildman–Crippen LogP) is 4.46. The van der Waals surface area contributed by atoms with Crippen LogP contribution in [0.15, 0.2) is 48.5 Å². The molecule has 0 radical (unpaired) electrons. The quantitative estimate of drug-likeness (QED) is 0.559. The number of rotatable bonds is 7. The predicted molar refractivity (Wildman–Crippen MR) is 102 cm³/mol. The van der Waals surface area contributed by atoms with E-state index in [1.165, 1.54) is 31.2 Å². The van der Waals surface area contributed by atoms with Gasteiger partial charge in [-0.25, -0.2) is 9.18 Å². The lowest BCUT2D eigenvalue weighted by Gasteiger charge is -2.13. The van der Waals surface area contributed by atoms with Gasteiger partial charge in [-0.05, 0) is 56.3 Å². The highest BCUT2D eigenvalue weighted by Crippen LogP contribution is 2.20. The van der Waals surface area contributed by atoms with Crippen LogP contribution in [0.2, 0.25) is 5.02 Å². The van der Waals surface area contributed by atoms with E-state index in [0.29, 0.717) is 18.0 Å². The van der Waals surface area contributed by atoms with Crippen molar-refractivity contribution in [2.45, 2.75) is 20.0 Å². The fourth-order valence-electron chi connectivity index (χ4n) is 2.13. The van der Waals surface area contributed by atoms with Crippen LogP contribution in [0.25, 0.3) is 6.08 Å². The third-order valence-electron chi connectivity index (χ3n) is 3.48. The van der Waals surface area contributed by atoms with Gasteiger partial charge in [0.05, 0.1) is 11.6 Å². The molecule has 0 saturated carbocycles. The van der Waals surface area contributed by atoms with Crippen LogP contribution >= 0.6 is 11.6 Å². The molecule has 0 aromatic heterocycles. The molecule has 0 aliphatic heterocycles. The van der Waals surface area contributed by atoms with Crippen LogP contribution in [0, 0.1) is 5.82 Å². The van der Waals surface area contributed by atoms with Crippen LogP contribution < -0.4 is 10.1 Å². The Morgan fingerprint density at radius 2 is 1.93 bits per heavy atom. The summed E-state index contributed by atoms with van der Waals surface area (Å²) in [5.41, 5.74) is 0.614. The zero-order chi connectivity index (χ0) is 19.8. The van der Waals surface area contributed by atoms with Gasteiger partial charge in [0, 0.05) is 17.3 Å². The number of esters is 1. The van der Waals surface area contributed by atoms with E-state index < -0.39 is 23.8 Å². The molecule has 5 nitrogen and oxygen atoms in total. The summed E-state index contributed by atoms with van der Waals surface area (Å²) in [6, 6.07) is 11.0. The van der Waals surface area contributed by atoms with Gasteiger partial charge in [-0.1, -0.05) is 17.7 Å². The largest absolute Gasteiger partial charge is 0.494 e. The summed E-state index contributed by atoms with van der Waals surface area (Å²) in [5.74, 6) is -1.16. The summed E-state index contributed by atoms with van der Waals surface area (Å²) in [6.45, 7) is 3.86. The summed E-state index contributed by atoms with van der Waals surface area (Å²) >= 11 is 5.87. The van der Waals surface area contributed by atoms with E-state index in [9.17, 15) is 14.0 Å². The second kappa shape index (κ2) is 9.73. The van der Waals surface area contributed by atoms with Crippen molar-refractivity contribution in [1.82, 2.24) is 0 Å². The SMILES string of the molecule is CCOc1ccc(NC(=O)C(C)OC(=O)C=Cc2c(F)cccc2Cl)cc1. The van der Waals surface area contributed by atoms with E-state index in [1.54, 1.807) is 24.3 Å². The molecule has 0 saturated heterocycles. The monoisotopic (exact) mass is 391 g/mol. The molecule has 0 spiro atoms. The van der Waals surface area contributed by atoms with Crippen molar-refractivity contribution in [3.63, 3.8) is 0 Å². The molecule has 2 aromatic carbocycles. The molecule has 142 valence electrons. The number of hydrogen-bond donors (Lipinski definition) is 1. The lowest BCUT2D eigenvalue weighted by molar-refractivity contribution is -0.148. The molecule has 7 heteroatoms. The van der Waals surface area contributed by atoms with E-state index in [2.05, 4.69) is 5.32 Å². The van der Waals surface area contributed by atoms with Crippen molar-refractivity contribution >= 4 is 35.2 Å². The lowest BCUT2D eigenvalue weighted by atomic mass is 10.2. The van der Waals surface area contributed by atoms with Crippen LogP contribution in [-0.4, -0.2) is 24.6 Å². The summed E-state index contributed by atoms with van der Waals surface area (Å²) in [7, 11) is 0. The topological polar surface area (TPSA) is 64.6 Å². The van der Waals surface area contributed by atoms with Crippen molar-refractivity contribution in [2.24, 2.45) is 0 Å². The van der Waals surface area contributed by atoms with E-state index in [-0.39, 0.29) is 10.6 Å². The maximum atomic E-state index is 13.6. The van der Waals surface area contributed by atoms with E-state index in [4.69, 9.17) is 21.1 Å². The highest BCUT2D eigenvalue weighted by atomic mass is 35.5. The van der Waals surface area contributed by atoms with Gasteiger partial charge in [0.25, 0.3) is 5.91 Å². The number of ether oxygens (including phenoxy) is 2. The van der Waals surface area contributed by atoms with Crippen molar-refractivity contribution in [2.75, 3.05) is 11.9 Å². The maximum Gasteiger partial charge on any atom is 0.331 e. The molecule has 27 heavy (non-hydrogen) atoms. The summed E-state index contributed by atoms with van der Waals surface area (Å²) in [5, 5.41) is 2.80. The Bertz CT molecular complexity index is 816. The molecule has 1 amide bonds. The number of anilines is 1. The molecular formula is C20H19ClFNO4. The second-order valence-corrected chi connectivity index (χ2v) is 5.90. The number of carbonyl (C=O) groups excluding carboxylic acids is 2. The summed E-state index contributed by atoms with van der Waals surface area (Å²) < 4.78 is 24.0. The minimum absolute atomic E-state index is 0.0719. The molecule has 0 heterocycles. The van der Waals surface area contributed by atoms with Crippen molar-refractivity contribution < 1.29 is 23.5 Å². The van der Waals surface area contributed by atoms with Crippen molar-refractivity contribution in [3.05, 3.63) is 64.9 Å². The average molecular weight is 392 g/mol. The highest BCUT2D eigenvalue weighted by Gasteiger charge is 2.17. The third-order valence-corrected chi connectivity index (χ3v) is 3.81. The Labute approximate surface area is 161 Å². The molecule has 2 rings (SSSR count). The Hall–Kier alpha value is -2.86. The average Bonchev–Trinajstić information content (AvgIpc) is 2.63. The van der Waals surface area contributed by atoms with Crippen LogP contribution in [0.5, 0.6) is 5.75 Å². The minimum atomic E-state index is -1.04. The maximum absolute atomic E-state index is 13.6. The van der Waals surface area contributed by atoms with Gasteiger partial charge in [-0.15, -0.1) is 0 Å². The first-order valence-corrected chi connectivity index (χ1v) is 8.65. The molecule has 0 aliphatic carbocycles. The first-order chi connectivity index (χ1) is 12.9. The van der Waals surface area contributed by atoms with Gasteiger partial charge in [0.2, 0.25) is 0 Å². The van der Waals surface area contributed by atoms with Crippen LogP contribution in [0.3, 0.4) is 0 Å². The Morgan fingerprint density at radius 1 is 1.22 bits per heavy atom. The summed E-state index contributed by atoms with van der Waals surface area (Å²) in [4.78, 5) is 24.0. The number of nitrogens with one attached hydrogen (secondary N) is 1. The van der Waals surface area contributed by atoms with Crippen LogP contribution in [0.1, 0.15) is 19.4 Å². The van der Waals surface area contributed by atoms with Gasteiger partial charge in [-0.3, -0.25) is 4.79 Å². The molecular weight excluding hydrogens is 373 g/mol. The molecule has 1 atom stereocenters. The van der Waals surface area contributed by atoms with Gasteiger partial charge >= 0.3 is 5.97 Å². The second-order valence-electron chi connectivity index (χ2n) is 5.49. The molecule has 0 bridgehead atoms. The standard InChI is InChI=1S/C20H19ClFNO4/c1-3-26-15-9-7-14(8-10-15)23-20(25)13(2)27-19(24)12-11-16-17(21)5-4-6-18(16)22/h4-13H,3H2,1-2H3,(H,23,25). The normalized spacial score (nSPS) is 11.9. The van der Waals surface area contributed by atoms with Crippen molar-refractivity contribution in [1.29, 1.82) is 0 Å². The molecule has 0 fully saturated rings. The zero-order valence-electron chi connectivity index (χ0n) is 14.9. The Balaban J connectivity index is 1.91. The zero-order valence-corrected chi connectivity index (χ0v) is 15.6. The summed E-state index contributed by atoms with van der Waals surface area (Å²) in [6.07, 6.45) is 1.19. The van der Waals surface area contributed by atoms with Gasteiger partial charge in [-0.2, -0.15) is 0 Å². The fraction of sp³-hybridized carbons (Fsp3) is 0.200. The van der Waals surface area contributed by atoms with E-state index >= 15 is 0 Å². The van der Waals surface area contributed by atoms with Gasteiger partial charge < -0.3 is 14.8 Å². The fourth-order valence-corrected chi connectivity index (χ4v) is 2.36. The minimum Gasteiger partial charge on any atom is -0.494 e. The third kappa shape index (κ3) is 6.11. The van der Waals surface area contributed by atoms with Crippen LogP contribution in [0.4, 0.5) is 10.1 Å². The smallest absolute Gasteiger partial charge is 0.331 e. The van der Waals surface area contributed by atoms with Gasteiger partial charge in [0.15, 0.2) is 6.10 Å². The lowest BCUT2D eigenvalue weighted by Crippen LogP contribution is -2.29. The van der Waals surface area contributed by atoms with E-state index in [1.807, 2.05) is 6.92 Å². The molecule has 1 unspecified atom stereocenters. The van der Waals surface area contributed by atoms with Gasteiger partial charge in [0.1, 0.15) is 11.6 Å². The molecule has 1 N–H and O–H groups in total. The number of benzene rings is 2. The molecule has 0 aliphatic rings. The first kappa shape index (κ1) is 20.5. The highest BCUT2D eigenvalue weighted by molar-refractivity contribution is 6.32. The molecule has 2 aromatic rings. The number of halogens is 2. The Morgan fingerprint density at radius 3 is 2.56 bits per heavy atom. The number of hydrogen-bond acceptors (Lipinski definition) is 4.